The van der Waals surface area contributed by atoms with Crippen LogP contribution < -0.4 is 0 Å². The number of benzene rings is 1. The largest absolute Gasteiger partial charge is 0.458 e. The number of imide groups is 1. The predicted molar refractivity (Wildman–Crippen MR) is 94.3 cm³/mol. The Bertz CT molecular complexity index is 792. The first-order valence-corrected chi connectivity index (χ1v) is 8.82. The molecule has 0 bridgehead atoms. The molecule has 142 valence electrons. The fourth-order valence-electron chi connectivity index (χ4n) is 3.51. The van der Waals surface area contributed by atoms with Crippen LogP contribution in [0.3, 0.4) is 0 Å². The average Bonchev–Trinajstić information content (AvgIpc) is 2.91. The van der Waals surface area contributed by atoms with Crippen molar-refractivity contribution in [1.29, 1.82) is 0 Å². The number of esters is 1. The summed E-state index contributed by atoms with van der Waals surface area (Å²) >= 11 is 0. The molecule has 1 heterocycles. The van der Waals surface area contributed by atoms with E-state index in [0.717, 1.165) is 4.90 Å². The lowest BCUT2D eigenvalue weighted by Crippen LogP contribution is -2.33. The second-order valence-electron chi connectivity index (χ2n) is 6.72. The Morgan fingerprint density at radius 3 is 2.48 bits per heavy atom. The van der Waals surface area contributed by atoms with Crippen molar-refractivity contribution < 1.29 is 24.0 Å². The van der Waals surface area contributed by atoms with E-state index in [1.54, 1.807) is 13.0 Å². The lowest BCUT2D eigenvalue weighted by molar-refractivity contribution is -0.385. The lowest BCUT2D eigenvalue weighted by atomic mass is 9.85. The minimum atomic E-state index is -0.672. The number of carbonyl (C=O) groups is 3. The first-order valence-electron chi connectivity index (χ1n) is 8.82. The Kier molecular flexibility index (Phi) is 5.34. The molecule has 1 aliphatic heterocycles. The molecule has 3 rings (SSSR count). The minimum Gasteiger partial charge on any atom is -0.458 e. The highest BCUT2D eigenvalue weighted by molar-refractivity contribution is 6.05. The number of nitro benzene ring substituents is 1. The highest BCUT2D eigenvalue weighted by Crippen LogP contribution is 2.35. The van der Waals surface area contributed by atoms with Gasteiger partial charge >= 0.3 is 5.97 Å². The molecule has 0 unspecified atom stereocenters. The molecule has 1 aliphatic carbocycles. The SMILES string of the molecule is C[C@H](OC(=O)CCN1C(=O)[C@H]2CC=CC[C@@H]2C1=O)c1cccc([N+](=O)[O-])c1. The second kappa shape index (κ2) is 7.69. The van der Waals surface area contributed by atoms with Crippen molar-refractivity contribution in [3.8, 4) is 0 Å². The lowest BCUT2D eigenvalue weighted by Gasteiger charge is -2.16. The number of likely N-dealkylation sites (tertiary alicyclic amines) is 1. The third-order valence-corrected chi connectivity index (χ3v) is 5.00. The molecule has 1 aromatic carbocycles. The number of non-ortho nitro benzene ring substituents is 1. The average molecular weight is 372 g/mol. The van der Waals surface area contributed by atoms with Crippen LogP contribution in [0, 0.1) is 22.0 Å². The smallest absolute Gasteiger partial charge is 0.308 e. The van der Waals surface area contributed by atoms with Crippen LogP contribution in [0.5, 0.6) is 0 Å². The third-order valence-electron chi connectivity index (χ3n) is 5.00. The molecular weight excluding hydrogens is 352 g/mol. The number of carbonyl (C=O) groups excluding carboxylic acids is 3. The topological polar surface area (TPSA) is 107 Å². The monoisotopic (exact) mass is 372 g/mol. The maximum atomic E-state index is 12.4. The van der Waals surface area contributed by atoms with Gasteiger partial charge in [0.2, 0.25) is 11.8 Å². The number of ether oxygens (including phenoxy) is 1. The van der Waals surface area contributed by atoms with Gasteiger partial charge in [-0.05, 0) is 25.3 Å². The van der Waals surface area contributed by atoms with E-state index in [0.29, 0.717) is 18.4 Å². The molecule has 8 nitrogen and oxygen atoms in total. The molecule has 1 aromatic rings. The Balaban J connectivity index is 1.55. The summed E-state index contributed by atoms with van der Waals surface area (Å²) in [4.78, 5) is 48.3. The van der Waals surface area contributed by atoms with Crippen molar-refractivity contribution in [2.45, 2.75) is 32.3 Å². The van der Waals surface area contributed by atoms with Gasteiger partial charge < -0.3 is 4.74 Å². The summed E-state index contributed by atoms with van der Waals surface area (Å²) in [7, 11) is 0. The van der Waals surface area contributed by atoms with Crippen molar-refractivity contribution in [2.24, 2.45) is 11.8 Å². The third kappa shape index (κ3) is 3.89. The van der Waals surface area contributed by atoms with E-state index in [1.807, 2.05) is 12.2 Å². The fraction of sp³-hybridized carbons (Fsp3) is 0.421. The maximum absolute atomic E-state index is 12.4. The van der Waals surface area contributed by atoms with Gasteiger partial charge in [0, 0.05) is 18.7 Å². The molecule has 0 aromatic heterocycles. The first-order chi connectivity index (χ1) is 12.9. The molecule has 0 saturated carbocycles. The quantitative estimate of drug-likeness (QED) is 0.250. The number of hydrogen-bond acceptors (Lipinski definition) is 6. The summed E-state index contributed by atoms with van der Waals surface area (Å²) in [6.07, 6.45) is 4.15. The Morgan fingerprint density at radius 1 is 1.26 bits per heavy atom. The Labute approximate surface area is 155 Å². The van der Waals surface area contributed by atoms with Crippen LogP contribution in [0.25, 0.3) is 0 Å². The van der Waals surface area contributed by atoms with Gasteiger partial charge in [-0.2, -0.15) is 0 Å². The molecule has 2 amide bonds. The van der Waals surface area contributed by atoms with E-state index < -0.39 is 17.0 Å². The molecule has 1 saturated heterocycles. The Hall–Kier alpha value is -3.03. The van der Waals surface area contributed by atoms with Crippen molar-refractivity contribution in [3.63, 3.8) is 0 Å². The zero-order chi connectivity index (χ0) is 19.6. The molecule has 27 heavy (non-hydrogen) atoms. The molecule has 3 atom stereocenters. The Morgan fingerprint density at radius 2 is 1.89 bits per heavy atom. The van der Waals surface area contributed by atoms with Gasteiger partial charge in [0.1, 0.15) is 6.10 Å². The highest BCUT2D eigenvalue weighted by atomic mass is 16.6. The number of amides is 2. The van der Waals surface area contributed by atoms with Crippen molar-refractivity contribution in [3.05, 3.63) is 52.1 Å². The van der Waals surface area contributed by atoms with E-state index >= 15 is 0 Å². The number of fused-ring (bicyclic) bond motifs is 1. The van der Waals surface area contributed by atoms with Gasteiger partial charge in [0.05, 0.1) is 23.2 Å². The van der Waals surface area contributed by atoms with Gasteiger partial charge in [0.15, 0.2) is 0 Å². The molecule has 8 heteroatoms. The molecule has 0 spiro atoms. The van der Waals surface area contributed by atoms with Gasteiger partial charge in [-0.1, -0.05) is 24.3 Å². The zero-order valence-corrected chi connectivity index (χ0v) is 14.9. The van der Waals surface area contributed by atoms with Crippen LogP contribution in [-0.4, -0.2) is 34.2 Å². The van der Waals surface area contributed by atoms with Crippen molar-refractivity contribution in [2.75, 3.05) is 6.54 Å². The van der Waals surface area contributed by atoms with Crippen LogP contribution >= 0.6 is 0 Å². The van der Waals surface area contributed by atoms with Gasteiger partial charge in [0.25, 0.3) is 5.69 Å². The predicted octanol–water partition coefficient (Wildman–Crippen LogP) is 2.54. The van der Waals surface area contributed by atoms with Crippen LogP contribution in [-0.2, 0) is 19.1 Å². The number of nitrogens with zero attached hydrogens (tertiary/aromatic N) is 2. The van der Waals surface area contributed by atoms with Crippen molar-refractivity contribution >= 4 is 23.5 Å². The fourth-order valence-corrected chi connectivity index (χ4v) is 3.51. The standard InChI is InChI=1S/C19H20N2O6/c1-12(13-5-4-6-14(11-13)21(25)26)27-17(22)9-10-20-18(23)15-7-2-3-8-16(15)19(20)24/h2-6,11-12,15-16H,7-10H2,1H3/t12-,15-,16-/m0/s1. The number of rotatable bonds is 6. The summed E-state index contributed by atoms with van der Waals surface area (Å²) < 4.78 is 5.30. The summed E-state index contributed by atoms with van der Waals surface area (Å²) in [5.41, 5.74) is 0.419. The summed E-state index contributed by atoms with van der Waals surface area (Å²) in [5, 5.41) is 10.8. The van der Waals surface area contributed by atoms with E-state index in [-0.39, 0.29) is 42.3 Å². The molecule has 0 radical (unpaired) electrons. The van der Waals surface area contributed by atoms with Gasteiger partial charge in [-0.3, -0.25) is 29.4 Å². The molecule has 1 fully saturated rings. The van der Waals surface area contributed by atoms with E-state index in [9.17, 15) is 24.5 Å². The summed E-state index contributed by atoms with van der Waals surface area (Å²) in [5.74, 6) is -1.66. The molecule has 2 aliphatic rings. The summed E-state index contributed by atoms with van der Waals surface area (Å²) in [6.45, 7) is 1.61. The first kappa shape index (κ1) is 18.8. The number of nitro groups is 1. The van der Waals surface area contributed by atoms with E-state index in [4.69, 9.17) is 4.74 Å². The normalized spacial score (nSPS) is 22.5. The van der Waals surface area contributed by atoms with Crippen LogP contribution in [0.2, 0.25) is 0 Å². The molecule has 0 N–H and O–H groups in total. The highest BCUT2D eigenvalue weighted by Gasteiger charge is 2.46. The number of hydrogen-bond donors (Lipinski definition) is 0. The zero-order valence-electron chi connectivity index (χ0n) is 14.9. The maximum Gasteiger partial charge on any atom is 0.308 e. The van der Waals surface area contributed by atoms with E-state index in [2.05, 4.69) is 0 Å². The minimum absolute atomic E-state index is 0.00877. The summed E-state index contributed by atoms with van der Waals surface area (Å²) in [6, 6.07) is 5.87. The number of allylic oxidation sites excluding steroid dienone is 2. The molecular formula is C19H20N2O6. The van der Waals surface area contributed by atoms with Crippen molar-refractivity contribution in [1.82, 2.24) is 4.90 Å². The van der Waals surface area contributed by atoms with E-state index in [1.165, 1.54) is 18.2 Å². The van der Waals surface area contributed by atoms with Crippen LogP contribution in [0.1, 0.15) is 37.9 Å². The van der Waals surface area contributed by atoms with Gasteiger partial charge in [-0.15, -0.1) is 0 Å². The second-order valence-corrected chi connectivity index (χ2v) is 6.72. The van der Waals surface area contributed by atoms with Gasteiger partial charge in [-0.25, -0.2) is 0 Å². The van der Waals surface area contributed by atoms with Crippen LogP contribution in [0.15, 0.2) is 36.4 Å². The van der Waals surface area contributed by atoms with Crippen LogP contribution in [0.4, 0.5) is 5.69 Å².